The average molecular weight is 607 g/mol. The van der Waals surface area contributed by atoms with Gasteiger partial charge in [0.25, 0.3) is 0 Å². The first-order valence-electron chi connectivity index (χ1n) is 12.9. The van der Waals surface area contributed by atoms with E-state index >= 15 is 0 Å². The lowest BCUT2D eigenvalue weighted by atomic mass is 10.1. The van der Waals surface area contributed by atoms with Crippen LogP contribution in [0.25, 0.3) is 33.6 Å². The zero-order valence-electron chi connectivity index (χ0n) is 22.0. The first kappa shape index (κ1) is 26.2. The first-order chi connectivity index (χ1) is 20.2. The van der Waals surface area contributed by atoms with Crippen LogP contribution >= 0.6 is 15.9 Å². The van der Waals surface area contributed by atoms with Crippen LogP contribution in [0.5, 0.6) is 11.5 Å². The van der Waals surface area contributed by atoms with Gasteiger partial charge in [-0.3, -0.25) is 0 Å². The number of ether oxygens (including phenoxy) is 2. The lowest BCUT2D eigenvalue weighted by Gasteiger charge is -2.15. The number of hydrogen-bond donors (Lipinski definition) is 0. The van der Waals surface area contributed by atoms with E-state index in [-0.39, 0.29) is 11.4 Å². The molecule has 0 amide bonds. The molecule has 0 atom stereocenters. The molecule has 0 aliphatic heterocycles. The quantitative estimate of drug-likeness (QED) is 0.152. The Morgan fingerprint density at radius 3 is 2.46 bits per heavy atom. The summed E-state index contributed by atoms with van der Waals surface area (Å²) >= 11 is 3.65. The topological polar surface area (TPSA) is 94.0 Å². The van der Waals surface area contributed by atoms with Crippen molar-refractivity contribution in [1.29, 1.82) is 5.26 Å². The molecule has 0 aliphatic carbocycles. The molecule has 3 aromatic heterocycles. The summed E-state index contributed by atoms with van der Waals surface area (Å²) in [5.74, 6) is 2.59. The first-order valence-corrected chi connectivity index (χ1v) is 13.7. The highest BCUT2D eigenvalue weighted by Gasteiger charge is 2.26. The van der Waals surface area contributed by atoms with Gasteiger partial charge in [0.05, 0.1) is 29.2 Å². The van der Waals surface area contributed by atoms with Gasteiger partial charge in [0.2, 0.25) is 5.88 Å². The minimum absolute atomic E-state index is 0.135. The zero-order valence-corrected chi connectivity index (χ0v) is 23.6. The molecule has 3 heterocycles. The van der Waals surface area contributed by atoms with Crippen LogP contribution in [0.15, 0.2) is 114 Å². The molecule has 0 unspecified atom stereocenters. The van der Waals surface area contributed by atoms with Gasteiger partial charge in [-0.2, -0.15) is 5.26 Å². The second-order valence-corrected chi connectivity index (χ2v) is 9.86. The van der Waals surface area contributed by atoms with Crippen LogP contribution in [-0.4, -0.2) is 12.8 Å². The maximum absolute atomic E-state index is 10.0. The second-order valence-electron chi connectivity index (χ2n) is 9.00. The Morgan fingerprint density at radius 1 is 0.927 bits per heavy atom. The fourth-order valence-corrected chi connectivity index (χ4v) is 5.19. The van der Waals surface area contributed by atoms with E-state index in [0.717, 1.165) is 21.9 Å². The van der Waals surface area contributed by atoms with Crippen molar-refractivity contribution in [3.63, 3.8) is 0 Å². The fraction of sp³-hybridized carbons (Fsp3) is 0.0909. The zero-order chi connectivity index (χ0) is 28.2. The monoisotopic (exact) mass is 606 g/mol. The van der Waals surface area contributed by atoms with Crippen molar-refractivity contribution in [3.8, 4) is 40.4 Å². The predicted octanol–water partition coefficient (Wildman–Crippen LogP) is 9.32. The van der Waals surface area contributed by atoms with E-state index in [1.807, 2.05) is 37.3 Å². The molecule has 3 aromatic carbocycles. The number of rotatable bonds is 9. The summed E-state index contributed by atoms with van der Waals surface area (Å²) in [5.41, 5.74) is 2.51. The van der Waals surface area contributed by atoms with Crippen molar-refractivity contribution >= 4 is 38.8 Å². The fourth-order valence-electron chi connectivity index (χ4n) is 4.62. The lowest BCUT2D eigenvalue weighted by molar-refractivity contribution is 0.268. The van der Waals surface area contributed by atoms with E-state index in [0.29, 0.717) is 52.0 Å². The maximum Gasteiger partial charge on any atom is 0.238 e. The third-order valence-electron chi connectivity index (χ3n) is 6.43. The normalized spacial score (nSPS) is 11.2. The van der Waals surface area contributed by atoms with E-state index in [9.17, 15) is 5.26 Å². The van der Waals surface area contributed by atoms with Crippen LogP contribution < -0.4 is 9.47 Å². The molecule has 0 spiro atoms. The Kier molecular flexibility index (Phi) is 7.44. The number of fused-ring (bicyclic) bond motifs is 1. The van der Waals surface area contributed by atoms with E-state index in [1.54, 1.807) is 30.5 Å². The number of benzene rings is 3. The molecule has 0 saturated heterocycles. The molecule has 0 aliphatic rings. The molecule has 0 N–H and O–H groups in total. The summed E-state index contributed by atoms with van der Waals surface area (Å²) in [7, 11) is 0. The second kappa shape index (κ2) is 11.6. The Balaban J connectivity index is 1.33. The summed E-state index contributed by atoms with van der Waals surface area (Å²) in [6, 6.07) is 27.3. The maximum atomic E-state index is 10.0. The molecule has 41 heavy (non-hydrogen) atoms. The summed E-state index contributed by atoms with van der Waals surface area (Å²) in [5, 5.41) is 12.3. The molecule has 0 fully saturated rings. The van der Waals surface area contributed by atoms with Gasteiger partial charge in [-0.15, -0.1) is 0 Å². The van der Waals surface area contributed by atoms with Gasteiger partial charge in [0.1, 0.15) is 24.0 Å². The summed E-state index contributed by atoms with van der Waals surface area (Å²) < 4.78 is 30.1. The van der Waals surface area contributed by atoms with Crippen LogP contribution in [0, 0.1) is 11.3 Å². The molecule has 8 heteroatoms. The predicted molar refractivity (Wildman–Crippen MR) is 160 cm³/mol. The van der Waals surface area contributed by atoms with Crippen molar-refractivity contribution in [3.05, 3.63) is 113 Å². The third kappa shape index (κ3) is 5.28. The molecule has 202 valence electrons. The molecular formula is C33H23BrN2O5. The Bertz CT molecular complexity index is 1870. The lowest BCUT2D eigenvalue weighted by Crippen LogP contribution is -2.02. The molecule has 0 bridgehead atoms. The van der Waals surface area contributed by atoms with Gasteiger partial charge in [-0.25, -0.2) is 4.99 Å². The Morgan fingerprint density at radius 2 is 1.71 bits per heavy atom. The largest absolute Gasteiger partial charge is 0.490 e. The summed E-state index contributed by atoms with van der Waals surface area (Å²) in [6.07, 6.45) is 4.68. The van der Waals surface area contributed by atoms with E-state index in [1.165, 1.54) is 12.5 Å². The number of nitrogens with zero attached hydrogens (tertiary/aromatic N) is 2. The summed E-state index contributed by atoms with van der Waals surface area (Å²) in [4.78, 5) is 4.53. The Hall–Kier alpha value is -5.00. The van der Waals surface area contributed by atoms with Gasteiger partial charge >= 0.3 is 0 Å². The standard InChI is InChI=1S/C33H23BrN2O5/c1-2-37-29-17-21(16-26(34)31(29)40-20-23-10-5-9-22-8-3-4-11-24(22)23)19-36-33-25(18-35)30(27-12-6-14-38-27)32(41-33)28-13-7-15-39-28/h3-17,19H,2,20H2,1H3. The van der Waals surface area contributed by atoms with Crippen LogP contribution in [0.2, 0.25) is 0 Å². The van der Waals surface area contributed by atoms with Crippen molar-refractivity contribution in [1.82, 2.24) is 0 Å². The van der Waals surface area contributed by atoms with Crippen molar-refractivity contribution in [2.75, 3.05) is 6.61 Å². The molecule has 6 rings (SSSR count). The van der Waals surface area contributed by atoms with Crippen molar-refractivity contribution in [2.45, 2.75) is 13.5 Å². The number of nitriles is 1. The van der Waals surface area contributed by atoms with Gasteiger partial charge in [-0.1, -0.05) is 42.5 Å². The number of furan rings is 3. The van der Waals surface area contributed by atoms with E-state index < -0.39 is 0 Å². The van der Waals surface area contributed by atoms with Gasteiger partial charge < -0.3 is 22.7 Å². The highest BCUT2D eigenvalue weighted by atomic mass is 79.9. The minimum Gasteiger partial charge on any atom is -0.490 e. The highest BCUT2D eigenvalue weighted by Crippen LogP contribution is 2.43. The van der Waals surface area contributed by atoms with Crippen LogP contribution in [-0.2, 0) is 6.61 Å². The van der Waals surface area contributed by atoms with Crippen LogP contribution in [0.4, 0.5) is 5.88 Å². The molecule has 0 saturated carbocycles. The molecular weight excluding hydrogens is 584 g/mol. The molecule has 0 radical (unpaired) electrons. The SMILES string of the molecule is CCOc1cc(C=Nc2oc(-c3ccco3)c(-c3ccco3)c2C#N)cc(Br)c1OCc1cccc2ccccc12. The van der Waals surface area contributed by atoms with Gasteiger partial charge in [0, 0.05) is 6.21 Å². The van der Waals surface area contributed by atoms with Crippen molar-refractivity contribution < 1.29 is 22.7 Å². The van der Waals surface area contributed by atoms with Crippen molar-refractivity contribution in [2.24, 2.45) is 4.99 Å². The summed E-state index contributed by atoms with van der Waals surface area (Å²) in [6.45, 7) is 2.74. The van der Waals surface area contributed by atoms with Gasteiger partial charge in [-0.05, 0) is 81.2 Å². The smallest absolute Gasteiger partial charge is 0.238 e. The van der Waals surface area contributed by atoms with Crippen LogP contribution in [0.1, 0.15) is 23.6 Å². The number of hydrogen-bond acceptors (Lipinski definition) is 7. The highest BCUT2D eigenvalue weighted by molar-refractivity contribution is 9.10. The average Bonchev–Trinajstić information content (AvgIpc) is 3.77. The molecule has 7 nitrogen and oxygen atoms in total. The van der Waals surface area contributed by atoms with Gasteiger partial charge in [0.15, 0.2) is 23.0 Å². The third-order valence-corrected chi connectivity index (χ3v) is 7.02. The Labute approximate surface area is 244 Å². The van der Waals surface area contributed by atoms with E-state index in [4.69, 9.17) is 22.7 Å². The number of halogens is 1. The van der Waals surface area contributed by atoms with E-state index in [2.05, 4.69) is 51.3 Å². The minimum atomic E-state index is 0.135. The number of aliphatic imine (C=N–C) groups is 1. The molecule has 6 aromatic rings. The van der Waals surface area contributed by atoms with Crippen LogP contribution in [0.3, 0.4) is 0 Å².